The number of hydrogen-bond acceptors (Lipinski definition) is 3. The first-order chi connectivity index (χ1) is 8.90. The minimum atomic E-state index is -1.61. The van der Waals surface area contributed by atoms with Gasteiger partial charge in [-0.3, -0.25) is 4.79 Å². The highest BCUT2D eigenvalue weighted by Crippen LogP contribution is 2.15. The van der Waals surface area contributed by atoms with Crippen molar-refractivity contribution in [2.45, 2.75) is 18.2 Å². The summed E-state index contributed by atoms with van der Waals surface area (Å²) in [6.45, 7) is 1.51. The van der Waals surface area contributed by atoms with Crippen LogP contribution in [0.1, 0.15) is 17.3 Å². The monoisotopic (exact) mass is 293 g/mol. The fourth-order valence-electron chi connectivity index (χ4n) is 1.51. The van der Waals surface area contributed by atoms with Gasteiger partial charge < -0.3 is 10.4 Å². The minimum absolute atomic E-state index is 0.144. The smallest absolute Gasteiger partial charge is 0.251 e. The molecule has 0 heterocycles. The molecular formula is C12H14F3NO2S. The summed E-state index contributed by atoms with van der Waals surface area (Å²) in [5, 5.41) is 11.3. The normalized spacial score (nSPS) is 14.0. The molecule has 0 radical (unpaired) electrons. The third-order valence-electron chi connectivity index (χ3n) is 2.65. The van der Waals surface area contributed by atoms with E-state index in [-0.39, 0.29) is 17.4 Å². The number of amides is 1. The van der Waals surface area contributed by atoms with E-state index in [0.717, 1.165) is 0 Å². The van der Waals surface area contributed by atoms with E-state index in [9.17, 15) is 18.0 Å². The Hall–Kier alpha value is -1.21. The van der Waals surface area contributed by atoms with Crippen LogP contribution in [0, 0.1) is 17.5 Å². The fraction of sp³-hybridized carbons (Fsp3) is 0.417. The summed E-state index contributed by atoms with van der Waals surface area (Å²) in [5.74, 6) is -5.16. The van der Waals surface area contributed by atoms with Gasteiger partial charge >= 0.3 is 0 Å². The molecule has 0 aliphatic carbocycles. The van der Waals surface area contributed by atoms with Crippen molar-refractivity contribution >= 4 is 17.7 Å². The van der Waals surface area contributed by atoms with Gasteiger partial charge in [0, 0.05) is 16.9 Å². The van der Waals surface area contributed by atoms with Crippen LogP contribution in [-0.2, 0) is 0 Å². The van der Waals surface area contributed by atoms with Crippen molar-refractivity contribution in [3.8, 4) is 0 Å². The first kappa shape index (κ1) is 15.8. The topological polar surface area (TPSA) is 49.3 Å². The van der Waals surface area contributed by atoms with Gasteiger partial charge in [0.25, 0.3) is 5.91 Å². The summed E-state index contributed by atoms with van der Waals surface area (Å²) in [6.07, 6.45) is 1.76. The molecule has 3 nitrogen and oxygen atoms in total. The summed E-state index contributed by atoms with van der Waals surface area (Å²) >= 11 is 1.35. The van der Waals surface area contributed by atoms with Crippen molar-refractivity contribution in [2.75, 3.05) is 12.9 Å². The molecule has 2 atom stereocenters. The number of nitrogens with one attached hydrogen (secondary N) is 1. The number of thioether (sulfide) groups is 1. The molecule has 1 rings (SSSR count). The van der Waals surface area contributed by atoms with E-state index in [0.29, 0.717) is 12.1 Å². The van der Waals surface area contributed by atoms with Crippen molar-refractivity contribution in [1.82, 2.24) is 5.32 Å². The Labute approximate surface area is 113 Å². The van der Waals surface area contributed by atoms with Crippen molar-refractivity contribution in [3.63, 3.8) is 0 Å². The number of halogens is 3. The number of benzene rings is 1. The predicted molar refractivity (Wildman–Crippen MR) is 67.6 cm³/mol. The average Bonchev–Trinajstić information content (AvgIpc) is 2.36. The molecule has 0 aromatic heterocycles. The second-order valence-electron chi connectivity index (χ2n) is 3.97. The first-order valence-electron chi connectivity index (χ1n) is 5.49. The average molecular weight is 293 g/mol. The number of aliphatic hydroxyl groups excluding tert-OH is 1. The SMILES string of the molecule is CSC(CO)C(C)NC(=O)c1cc(F)c(F)c(F)c1. The molecule has 0 saturated carbocycles. The molecule has 0 saturated heterocycles. The highest BCUT2D eigenvalue weighted by Gasteiger charge is 2.20. The van der Waals surface area contributed by atoms with E-state index in [1.807, 2.05) is 0 Å². The fourth-order valence-corrected chi connectivity index (χ4v) is 2.13. The van der Waals surface area contributed by atoms with Gasteiger partial charge in [-0.25, -0.2) is 13.2 Å². The van der Waals surface area contributed by atoms with Crippen molar-refractivity contribution in [2.24, 2.45) is 0 Å². The lowest BCUT2D eigenvalue weighted by Gasteiger charge is -2.21. The lowest BCUT2D eigenvalue weighted by Crippen LogP contribution is -2.41. The lowest BCUT2D eigenvalue weighted by atomic mass is 10.1. The summed E-state index contributed by atoms with van der Waals surface area (Å²) in [5.41, 5.74) is -0.305. The Morgan fingerprint density at radius 3 is 2.32 bits per heavy atom. The van der Waals surface area contributed by atoms with Crippen LogP contribution in [0.15, 0.2) is 12.1 Å². The molecule has 0 aliphatic heterocycles. The van der Waals surface area contributed by atoms with Crippen molar-refractivity contribution in [3.05, 3.63) is 35.1 Å². The zero-order chi connectivity index (χ0) is 14.6. The Morgan fingerprint density at radius 2 is 1.89 bits per heavy atom. The van der Waals surface area contributed by atoms with Crippen molar-refractivity contribution in [1.29, 1.82) is 0 Å². The minimum Gasteiger partial charge on any atom is -0.395 e. The number of aliphatic hydroxyl groups is 1. The van der Waals surface area contributed by atoms with Crippen LogP contribution in [0.3, 0.4) is 0 Å². The second kappa shape index (κ2) is 6.81. The van der Waals surface area contributed by atoms with E-state index in [2.05, 4.69) is 5.32 Å². The van der Waals surface area contributed by atoms with Gasteiger partial charge in [-0.1, -0.05) is 0 Å². The molecule has 0 fully saturated rings. The molecule has 7 heteroatoms. The number of carbonyl (C=O) groups is 1. The zero-order valence-corrected chi connectivity index (χ0v) is 11.2. The number of carbonyl (C=O) groups excluding carboxylic acids is 1. The van der Waals surface area contributed by atoms with Crippen LogP contribution in [0.2, 0.25) is 0 Å². The molecule has 106 valence electrons. The maximum Gasteiger partial charge on any atom is 0.251 e. The van der Waals surface area contributed by atoms with Crippen LogP contribution in [0.4, 0.5) is 13.2 Å². The summed E-state index contributed by atoms with van der Waals surface area (Å²) < 4.78 is 38.7. The van der Waals surface area contributed by atoms with Gasteiger partial charge in [0.2, 0.25) is 0 Å². The van der Waals surface area contributed by atoms with Gasteiger partial charge in [0.1, 0.15) is 0 Å². The highest BCUT2D eigenvalue weighted by atomic mass is 32.2. The standard InChI is InChI=1S/C12H14F3NO2S/c1-6(10(5-17)19-2)16-12(18)7-3-8(13)11(15)9(14)4-7/h3-4,6,10,17H,5H2,1-2H3,(H,16,18). The quantitative estimate of drug-likeness (QED) is 0.816. The molecular weight excluding hydrogens is 279 g/mol. The second-order valence-corrected chi connectivity index (χ2v) is 5.05. The molecule has 2 unspecified atom stereocenters. The third kappa shape index (κ3) is 3.87. The first-order valence-corrected chi connectivity index (χ1v) is 6.78. The molecule has 19 heavy (non-hydrogen) atoms. The zero-order valence-electron chi connectivity index (χ0n) is 10.4. The maximum absolute atomic E-state index is 13.0. The summed E-state index contributed by atoms with van der Waals surface area (Å²) in [4.78, 5) is 11.7. The van der Waals surface area contributed by atoms with Crippen LogP contribution >= 0.6 is 11.8 Å². The van der Waals surface area contributed by atoms with E-state index < -0.39 is 29.4 Å². The summed E-state index contributed by atoms with van der Waals surface area (Å²) in [6, 6.07) is 0.866. The largest absolute Gasteiger partial charge is 0.395 e. The van der Waals surface area contributed by atoms with Gasteiger partial charge in [0.05, 0.1) is 6.61 Å². The Kier molecular flexibility index (Phi) is 5.68. The molecule has 1 amide bonds. The highest BCUT2D eigenvalue weighted by molar-refractivity contribution is 7.99. The molecule has 0 aliphatic rings. The van der Waals surface area contributed by atoms with Gasteiger partial charge in [-0.2, -0.15) is 11.8 Å². The van der Waals surface area contributed by atoms with E-state index in [1.54, 1.807) is 13.2 Å². The van der Waals surface area contributed by atoms with Crippen LogP contribution in [0.25, 0.3) is 0 Å². The van der Waals surface area contributed by atoms with Gasteiger partial charge in [0.15, 0.2) is 17.5 Å². The Morgan fingerprint density at radius 1 is 1.37 bits per heavy atom. The Balaban J connectivity index is 2.84. The van der Waals surface area contributed by atoms with Gasteiger partial charge in [-0.05, 0) is 25.3 Å². The third-order valence-corrected chi connectivity index (χ3v) is 3.81. The number of rotatable bonds is 5. The van der Waals surface area contributed by atoms with Crippen LogP contribution < -0.4 is 5.32 Å². The molecule has 2 N–H and O–H groups in total. The summed E-state index contributed by atoms with van der Waals surface area (Å²) in [7, 11) is 0. The molecule has 0 spiro atoms. The van der Waals surface area contributed by atoms with E-state index in [1.165, 1.54) is 11.8 Å². The van der Waals surface area contributed by atoms with Gasteiger partial charge in [-0.15, -0.1) is 0 Å². The van der Waals surface area contributed by atoms with Crippen LogP contribution in [-0.4, -0.2) is 35.2 Å². The molecule has 1 aromatic rings. The predicted octanol–water partition coefficient (Wildman–Crippen LogP) is 1.95. The van der Waals surface area contributed by atoms with E-state index in [4.69, 9.17) is 5.11 Å². The van der Waals surface area contributed by atoms with Crippen LogP contribution in [0.5, 0.6) is 0 Å². The Bertz CT molecular complexity index is 443. The molecule has 1 aromatic carbocycles. The van der Waals surface area contributed by atoms with E-state index >= 15 is 0 Å². The lowest BCUT2D eigenvalue weighted by molar-refractivity contribution is 0.0934. The maximum atomic E-state index is 13.0. The number of hydrogen-bond donors (Lipinski definition) is 2. The van der Waals surface area contributed by atoms with Crippen molar-refractivity contribution < 1.29 is 23.1 Å². The molecule has 0 bridgehead atoms.